The van der Waals surface area contributed by atoms with E-state index in [4.69, 9.17) is 36.1 Å². The van der Waals surface area contributed by atoms with Crippen LogP contribution in [0.3, 0.4) is 0 Å². The molecule has 2 unspecified atom stereocenters. The maximum Gasteiger partial charge on any atom is 0.351 e. The lowest BCUT2D eigenvalue weighted by Gasteiger charge is -2.26. The van der Waals surface area contributed by atoms with Gasteiger partial charge in [0, 0.05) is 26.0 Å². The Morgan fingerprint density at radius 3 is 2.71 bits per heavy atom. The quantitative estimate of drug-likeness (QED) is 0.689. The van der Waals surface area contributed by atoms with E-state index in [0.29, 0.717) is 12.0 Å². The molecule has 24 heavy (non-hydrogen) atoms. The van der Waals surface area contributed by atoms with Gasteiger partial charge in [0.25, 0.3) is 0 Å². The number of ether oxygens (including phenoxy) is 2. The summed E-state index contributed by atoms with van der Waals surface area (Å²) in [6.07, 6.45) is -0.462. The zero-order chi connectivity index (χ0) is 18.1. The van der Waals surface area contributed by atoms with Gasteiger partial charge in [0.15, 0.2) is 6.23 Å². The Hall–Kier alpha value is -0.870. The number of aryl methyl sites for hydroxylation is 1. The van der Waals surface area contributed by atoms with Crippen molar-refractivity contribution >= 4 is 24.3 Å². The topological polar surface area (TPSA) is 118 Å². The van der Waals surface area contributed by atoms with E-state index in [1.54, 1.807) is 13.1 Å². The van der Waals surface area contributed by atoms with E-state index in [9.17, 15) is 9.69 Å². The van der Waals surface area contributed by atoms with Crippen molar-refractivity contribution in [3.8, 4) is 0 Å². The summed E-state index contributed by atoms with van der Waals surface area (Å²) < 4.78 is 23.1. The van der Waals surface area contributed by atoms with E-state index in [0.717, 1.165) is 0 Å². The molecule has 11 heteroatoms. The van der Waals surface area contributed by atoms with Gasteiger partial charge in [-0.05, 0) is 25.2 Å². The van der Waals surface area contributed by atoms with Gasteiger partial charge in [-0.15, -0.1) is 0 Å². The largest absolute Gasteiger partial charge is 0.383 e. The summed E-state index contributed by atoms with van der Waals surface area (Å²) >= 11 is 4.92. The van der Waals surface area contributed by atoms with Gasteiger partial charge >= 0.3 is 12.4 Å². The molecule has 0 radical (unpaired) electrons. The average molecular weight is 379 g/mol. The van der Waals surface area contributed by atoms with Crippen molar-refractivity contribution < 1.29 is 23.4 Å². The maximum absolute atomic E-state index is 12.2. The molecule has 0 amide bonds. The number of hydrogen-bond donors (Lipinski definition) is 2. The summed E-state index contributed by atoms with van der Waals surface area (Å²) in [7, 11) is 2.74. The van der Waals surface area contributed by atoms with Crippen molar-refractivity contribution in [2.45, 2.75) is 44.8 Å². The van der Waals surface area contributed by atoms with Crippen LogP contribution in [0.25, 0.3) is 0 Å². The van der Waals surface area contributed by atoms with Gasteiger partial charge in [0.2, 0.25) is 0 Å². The molecule has 9 nitrogen and oxygen atoms in total. The second kappa shape index (κ2) is 7.57. The molecule has 0 aliphatic carbocycles. The lowest BCUT2D eigenvalue weighted by molar-refractivity contribution is -0.0539. The lowest BCUT2D eigenvalue weighted by atomic mass is 10.1. The van der Waals surface area contributed by atoms with Gasteiger partial charge in [-0.25, -0.2) is 4.79 Å². The predicted octanol–water partition coefficient (Wildman–Crippen LogP) is 0.705. The highest BCUT2D eigenvalue weighted by molar-refractivity contribution is 8.07. The fourth-order valence-electron chi connectivity index (χ4n) is 2.60. The summed E-state index contributed by atoms with van der Waals surface area (Å²) in [5.74, 6) is 0.160. The van der Waals surface area contributed by atoms with Crippen LogP contribution in [-0.2, 0) is 30.3 Å². The number of anilines is 1. The summed E-state index contributed by atoms with van der Waals surface area (Å²) in [5, 5.41) is 0. The van der Waals surface area contributed by atoms with Crippen LogP contribution in [-0.4, -0.2) is 47.0 Å². The molecule has 1 aliphatic rings. The maximum atomic E-state index is 12.2. The molecule has 1 aromatic heterocycles. The predicted molar refractivity (Wildman–Crippen MR) is 91.0 cm³/mol. The zero-order valence-corrected chi connectivity index (χ0v) is 15.6. The second-order valence-corrected chi connectivity index (χ2v) is 8.29. The molecule has 136 valence electrons. The van der Waals surface area contributed by atoms with Crippen LogP contribution in [0.5, 0.6) is 0 Å². The summed E-state index contributed by atoms with van der Waals surface area (Å²) in [4.78, 5) is 25.9. The first-order chi connectivity index (χ1) is 11.2. The first-order valence-corrected chi connectivity index (χ1v) is 9.93. The van der Waals surface area contributed by atoms with E-state index in [-0.39, 0.29) is 5.82 Å². The third kappa shape index (κ3) is 3.85. The summed E-state index contributed by atoms with van der Waals surface area (Å²) in [6.45, 7) is 0.202. The first kappa shape index (κ1) is 19.5. The molecule has 0 aromatic carbocycles. The number of nitrogens with zero attached hydrogens (tertiary/aromatic N) is 2. The van der Waals surface area contributed by atoms with Crippen LogP contribution in [0, 0.1) is 6.92 Å². The van der Waals surface area contributed by atoms with Crippen LogP contribution < -0.4 is 11.4 Å². The molecular formula is C13H22N3O6PS. The number of nitrogen functional groups attached to an aromatic ring is 1. The molecule has 1 fully saturated rings. The molecule has 0 bridgehead atoms. The first-order valence-electron chi connectivity index (χ1n) is 7.34. The Labute approximate surface area is 144 Å². The Morgan fingerprint density at radius 2 is 2.17 bits per heavy atom. The normalized spacial score (nSPS) is 29.5. The molecule has 0 saturated carbocycles. The van der Waals surface area contributed by atoms with E-state index < -0.39 is 36.9 Å². The number of rotatable bonds is 6. The third-order valence-corrected chi connectivity index (χ3v) is 5.57. The zero-order valence-electron chi connectivity index (χ0n) is 13.9. The Balaban J connectivity index is 2.40. The van der Waals surface area contributed by atoms with Gasteiger partial charge in [-0.2, -0.15) is 4.98 Å². The monoisotopic (exact) mass is 379 g/mol. The molecule has 2 heterocycles. The minimum Gasteiger partial charge on any atom is -0.383 e. The van der Waals surface area contributed by atoms with Crippen molar-refractivity contribution in [3.05, 3.63) is 22.2 Å². The number of aromatic nitrogens is 2. The second-order valence-electron chi connectivity index (χ2n) is 5.39. The summed E-state index contributed by atoms with van der Waals surface area (Å²) in [5.41, 5.74) is 5.73. The average Bonchev–Trinajstić information content (AvgIpc) is 2.87. The Kier molecular flexibility index (Phi) is 6.14. The van der Waals surface area contributed by atoms with Gasteiger partial charge < -0.3 is 24.6 Å². The van der Waals surface area contributed by atoms with Crippen LogP contribution in [0.2, 0.25) is 0 Å². The smallest absolute Gasteiger partial charge is 0.351 e. The van der Waals surface area contributed by atoms with E-state index >= 15 is 0 Å². The van der Waals surface area contributed by atoms with Crippen molar-refractivity contribution in [1.82, 2.24) is 9.55 Å². The molecule has 1 aromatic rings. The fourth-order valence-corrected chi connectivity index (χ4v) is 3.54. The standard InChI is InChI=1S/C13H22N3O6PS/c1-5-8-9(22-23(18,24)20-4)10(19-3)12(21-8)16-6-7(2)11(14)15-13(16)17/h6,8-10,12H,5H2,1-4H3,(H,18,24)(H2,14,15,17)/t8-,9?,10+,12-,23?/m1/s1. The highest BCUT2D eigenvalue weighted by atomic mass is 32.5. The summed E-state index contributed by atoms with van der Waals surface area (Å²) in [6, 6.07) is 0. The van der Waals surface area contributed by atoms with E-state index in [1.165, 1.54) is 18.8 Å². The highest BCUT2D eigenvalue weighted by Crippen LogP contribution is 2.48. The number of nitrogens with two attached hydrogens (primary N) is 1. The van der Waals surface area contributed by atoms with Gasteiger partial charge in [-0.1, -0.05) is 6.92 Å². The molecule has 1 saturated heterocycles. The molecule has 1 aliphatic heterocycles. The van der Waals surface area contributed by atoms with Crippen molar-refractivity contribution in [1.29, 1.82) is 0 Å². The molecule has 0 spiro atoms. The van der Waals surface area contributed by atoms with Crippen LogP contribution in [0.15, 0.2) is 11.0 Å². The van der Waals surface area contributed by atoms with Crippen molar-refractivity contribution in [3.63, 3.8) is 0 Å². The van der Waals surface area contributed by atoms with Crippen LogP contribution in [0.1, 0.15) is 25.1 Å². The number of methoxy groups -OCH3 is 1. The van der Waals surface area contributed by atoms with Gasteiger partial charge in [0.05, 0.1) is 6.10 Å². The molecule has 5 atom stereocenters. The minimum absolute atomic E-state index is 0.160. The highest BCUT2D eigenvalue weighted by Gasteiger charge is 2.48. The van der Waals surface area contributed by atoms with E-state index in [1.807, 2.05) is 6.92 Å². The SMILES string of the molecule is CC[C@H]1O[C@@H](n2cc(C)c(N)nc2=O)[C@@H](OC)C1OP(O)(=S)OC. The van der Waals surface area contributed by atoms with Crippen molar-refractivity contribution in [2.75, 3.05) is 20.0 Å². The fraction of sp³-hybridized carbons (Fsp3) is 0.692. The van der Waals surface area contributed by atoms with E-state index in [2.05, 4.69) is 4.98 Å². The molecule has 3 N–H and O–H groups in total. The Morgan fingerprint density at radius 1 is 1.50 bits per heavy atom. The van der Waals surface area contributed by atoms with Crippen molar-refractivity contribution in [2.24, 2.45) is 0 Å². The minimum atomic E-state index is -3.42. The van der Waals surface area contributed by atoms with Gasteiger partial charge in [0.1, 0.15) is 18.0 Å². The third-order valence-electron chi connectivity index (χ3n) is 3.89. The Bertz CT molecular complexity index is 699. The van der Waals surface area contributed by atoms with Crippen LogP contribution in [0.4, 0.5) is 5.82 Å². The van der Waals surface area contributed by atoms with Crippen LogP contribution >= 0.6 is 6.72 Å². The molecular weight excluding hydrogens is 357 g/mol. The van der Waals surface area contributed by atoms with Gasteiger partial charge in [-0.3, -0.25) is 9.09 Å². The number of hydrogen-bond acceptors (Lipinski definition) is 8. The molecule has 2 rings (SSSR count). The lowest BCUT2D eigenvalue weighted by Crippen LogP contribution is -2.38.